The third kappa shape index (κ3) is 5.60. The highest BCUT2D eigenvalue weighted by atomic mass is 32.2. The number of nitrogens with one attached hydrogen (secondary N) is 1. The number of rotatable bonds is 6. The van der Waals surface area contributed by atoms with E-state index in [1.54, 1.807) is 0 Å². The zero-order chi connectivity index (χ0) is 16.0. The fourth-order valence-corrected chi connectivity index (χ4v) is 2.82. The lowest BCUT2D eigenvalue weighted by atomic mass is 10.1. The molecule has 0 aliphatic carbocycles. The molecule has 0 radical (unpaired) electrons. The first-order chi connectivity index (χ1) is 10.4. The Morgan fingerprint density at radius 2 is 1.86 bits per heavy atom. The van der Waals surface area contributed by atoms with Gasteiger partial charge in [0.15, 0.2) is 6.61 Å². The maximum atomic E-state index is 11.8. The number of thioether (sulfide) groups is 1. The minimum atomic E-state index is -0.0809. The number of fused-ring (bicyclic) bond motifs is 1. The third-order valence-corrected chi connectivity index (χ3v) is 4.32. The van der Waals surface area contributed by atoms with Gasteiger partial charge in [-0.25, -0.2) is 0 Å². The molecule has 0 heterocycles. The summed E-state index contributed by atoms with van der Waals surface area (Å²) in [5.41, 5.74) is 0. The largest absolute Gasteiger partial charge is 0.484 e. The third-order valence-electron chi connectivity index (χ3n) is 3.05. The van der Waals surface area contributed by atoms with Crippen LogP contribution < -0.4 is 10.1 Å². The lowest BCUT2D eigenvalue weighted by molar-refractivity contribution is -0.122. The summed E-state index contributed by atoms with van der Waals surface area (Å²) < 4.78 is 5.78. The van der Waals surface area contributed by atoms with Crippen molar-refractivity contribution < 1.29 is 9.53 Å². The number of carbonyl (C=O) groups excluding carboxylic acids is 1. The average Bonchev–Trinajstić information content (AvgIpc) is 2.48. The quantitative estimate of drug-likeness (QED) is 0.822. The highest BCUT2D eigenvalue weighted by Gasteiger charge is 2.10. The number of benzene rings is 2. The van der Waals surface area contributed by atoms with Crippen LogP contribution in [0.15, 0.2) is 42.5 Å². The minimum Gasteiger partial charge on any atom is -0.484 e. The summed E-state index contributed by atoms with van der Waals surface area (Å²) in [5.74, 6) is 1.55. The normalized spacial score (nSPS) is 11.4. The predicted molar refractivity (Wildman–Crippen MR) is 94.7 cm³/mol. The molecule has 0 aliphatic rings. The molecule has 1 N–H and O–H groups in total. The Hall–Kier alpha value is -1.68. The van der Waals surface area contributed by atoms with Crippen LogP contribution in [-0.2, 0) is 4.79 Å². The van der Waals surface area contributed by atoms with Gasteiger partial charge < -0.3 is 10.1 Å². The second-order valence-corrected chi connectivity index (χ2v) is 8.03. The van der Waals surface area contributed by atoms with Crippen molar-refractivity contribution in [2.75, 3.05) is 18.9 Å². The molecule has 2 rings (SSSR count). The van der Waals surface area contributed by atoms with Gasteiger partial charge in [0.1, 0.15) is 5.75 Å². The van der Waals surface area contributed by atoms with Gasteiger partial charge in [-0.1, -0.05) is 51.1 Å². The summed E-state index contributed by atoms with van der Waals surface area (Å²) in [6.07, 6.45) is 0. The van der Waals surface area contributed by atoms with Crippen molar-refractivity contribution in [3.8, 4) is 5.75 Å². The van der Waals surface area contributed by atoms with E-state index in [2.05, 4.69) is 32.2 Å². The van der Waals surface area contributed by atoms with Crippen LogP contribution in [0.2, 0.25) is 0 Å². The zero-order valence-electron chi connectivity index (χ0n) is 13.4. The Bertz CT molecular complexity index is 634. The second kappa shape index (κ2) is 7.54. The van der Waals surface area contributed by atoms with Gasteiger partial charge in [-0.2, -0.15) is 11.8 Å². The molecule has 22 heavy (non-hydrogen) atoms. The molecule has 0 saturated carbocycles. The van der Waals surface area contributed by atoms with E-state index < -0.39 is 0 Å². The molecule has 0 unspecified atom stereocenters. The topological polar surface area (TPSA) is 38.3 Å². The lowest BCUT2D eigenvalue weighted by Gasteiger charge is -2.17. The van der Waals surface area contributed by atoms with Crippen molar-refractivity contribution in [2.24, 2.45) is 0 Å². The van der Waals surface area contributed by atoms with Crippen LogP contribution in [-0.4, -0.2) is 29.6 Å². The van der Waals surface area contributed by atoms with Gasteiger partial charge in [-0.15, -0.1) is 0 Å². The predicted octanol–water partition coefficient (Wildman–Crippen LogP) is 3.87. The van der Waals surface area contributed by atoms with E-state index in [-0.39, 0.29) is 17.3 Å². The molecular weight excluding hydrogens is 294 g/mol. The highest BCUT2D eigenvalue weighted by Crippen LogP contribution is 2.22. The van der Waals surface area contributed by atoms with Gasteiger partial charge >= 0.3 is 0 Å². The van der Waals surface area contributed by atoms with E-state index >= 15 is 0 Å². The van der Waals surface area contributed by atoms with Crippen LogP contribution in [0.4, 0.5) is 0 Å². The second-order valence-electron chi connectivity index (χ2n) is 6.11. The van der Waals surface area contributed by atoms with E-state index in [0.717, 1.165) is 16.9 Å². The molecular formula is C18H23NO2S. The Balaban J connectivity index is 1.75. The first kappa shape index (κ1) is 16.7. The van der Waals surface area contributed by atoms with Crippen molar-refractivity contribution in [3.63, 3.8) is 0 Å². The van der Waals surface area contributed by atoms with Gasteiger partial charge in [0.2, 0.25) is 0 Å². The van der Waals surface area contributed by atoms with Crippen molar-refractivity contribution in [2.45, 2.75) is 25.5 Å². The van der Waals surface area contributed by atoms with Crippen molar-refractivity contribution >= 4 is 28.4 Å². The van der Waals surface area contributed by atoms with Crippen LogP contribution in [0.3, 0.4) is 0 Å². The van der Waals surface area contributed by atoms with Crippen molar-refractivity contribution in [3.05, 3.63) is 42.5 Å². The Kier molecular flexibility index (Phi) is 5.72. The van der Waals surface area contributed by atoms with Crippen LogP contribution in [0.5, 0.6) is 5.75 Å². The van der Waals surface area contributed by atoms with Crippen LogP contribution >= 0.6 is 11.8 Å². The van der Waals surface area contributed by atoms with Gasteiger partial charge in [0, 0.05) is 17.0 Å². The molecule has 4 heteroatoms. The van der Waals surface area contributed by atoms with Crippen LogP contribution in [0, 0.1) is 0 Å². The Morgan fingerprint density at radius 1 is 1.14 bits per heavy atom. The fourth-order valence-electron chi connectivity index (χ4n) is 2.00. The number of ether oxygens (including phenoxy) is 1. The Labute approximate surface area is 136 Å². The highest BCUT2D eigenvalue weighted by molar-refractivity contribution is 8.00. The molecule has 118 valence electrons. The van der Waals surface area contributed by atoms with E-state index in [9.17, 15) is 4.79 Å². The fraction of sp³-hybridized carbons (Fsp3) is 0.389. The molecule has 0 atom stereocenters. The summed E-state index contributed by atoms with van der Waals surface area (Å²) in [7, 11) is 0. The van der Waals surface area contributed by atoms with Gasteiger partial charge in [-0.05, 0) is 22.9 Å². The Morgan fingerprint density at radius 3 is 2.59 bits per heavy atom. The monoisotopic (exact) mass is 317 g/mol. The van der Waals surface area contributed by atoms with Gasteiger partial charge in [-0.3, -0.25) is 4.79 Å². The van der Waals surface area contributed by atoms with E-state index in [4.69, 9.17) is 4.74 Å². The number of carbonyl (C=O) groups is 1. The molecule has 0 fully saturated rings. The molecule has 2 aromatic carbocycles. The first-order valence-corrected chi connectivity index (χ1v) is 8.45. The van der Waals surface area contributed by atoms with Gasteiger partial charge in [0.05, 0.1) is 0 Å². The number of hydrogen-bond acceptors (Lipinski definition) is 3. The summed E-state index contributed by atoms with van der Waals surface area (Å²) in [4.78, 5) is 11.8. The van der Waals surface area contributed by atoms with E-state index in [1.165, 1.54) is 5.39 Å². The number of hydrogen-bond donors (Lipinski definition) is 1. The molecule has 0 aliphatic heterocycles. The smallest absolute Gasteiger partial charge is 0.257 e. The molecule has 0 spiro atoms. The lowest BCUT2D eigenvalue weighted by Crippen LogP contribution is -2.31. The molecule has 3 nitrogen and oxygen atoms in total. The van der Waals surface area contributed by atoms with Crippen LogP contribution in [0.1, 0.15) is 20.8 Å². The zero-order valence-corrected chi connectivity index (χ0v) is 14.2. The molecule has 2 aromatic rings. The van der Waals surface area contributed by atoms with E-state index in [0.29, 0.717) is 6.54 Å². The molecule has 0 aromatic heterocycles. The maximum absolute atomic E-state index is 11.8. The van der Waals surface area contributed by atoms with Crippen molar-refractivity contribution in [1.29, 1.82) is 0 Å². The summed E-state index contributed by atoms with van der Waals surface area (Å²) in [6, 6.07) is 13.9. The minimum absolute atomic E-state index is 0.0541. The summed E-state index contributed by atoms with van der Waals surface area (Å²) in [6.45, 7) is 7.23. The number of amides is 1. The SMILES string of the molecule is CC(C)(C)SCCNC(=O)COc1ccc2ccccc2c1. The maximum Gasteiger partial charge on any atom is 0.257 e. The van der Waals surface area contributed by atoms with E-state index in [1.807, 2.05) is 48.2 Å². The first-order valence-electron chi connectivity index (χ1n) is 7.46. The summed E-state index contributed by atoms with van der Waals surface area (Å²) in [5, 5.41) is 5.16. The molecule has 0 bridgehead atoms. The molecule has 0 saturated heterocycles. The summed E-state index contributed by atoms with van der Waals surface area (Å²) >= 11 is 1.84. The van der Waals surface area contributed by atoms with Gasteiger partial charge in [0.25, 0.3) is 5.91 Å². The average molecular weight is 317 g/mol. The van der Waals surface area contributed by atoms with Crippen molar-refractivity contribution in [1.82, 2.24) is 5.32 Å². The van der Waals surface area contributed by atoms with Crippen LogP contribution in [0.25, 0.3) is 10.8 Å². The molecule has 1 amide bonds. The standard InChI is InChI=1S/C18H23NO2S/c1-18(2,3)22-11-10-19-17(20)13-21-16-9-8-14-6-4-5-7-15(14)12-16/h4-9,12H,10-11,13H2,1-3H3,(H,19,20).